The number of rotatable bonds is 4. The van der Waals surface area contributed by atoms with E-state index in [2.05, 4.69) is 4.98 Å². The molecule has 2 aromatic rings. The summed E-state index contributed by atoms with van der Waals surface area (Å²) in [7, 11) is 0. The molecule has 2 aromatic heterocycles. The number of ether oxygens (including phenoxy) is 2. The van der Waals surface area contributed by atoms with Crippen LogP contribution in [0.4, 0.5) is 0 Å². The van der Waals surface area contributed by atoms with Gasteiger partial charge < -0.3 is 14.6 Å². The fourth-order valence-electron chi connectivity index (χ4n) is 1.79. The Hall–Kier alpha value is -2.57. The maximum Gasteiger partial charge on any atom is 0.359 e. The van der Waals surface area contributed by atoms with Crippen LogP contribution < -0.4 is 0 Å². The number of imidazole rings is 1. The second-order valence-electron chi connectivity index (χ2n) is 3.84. The molecule has 0 radical (unpaired) electrons. The third-order valence-corrected chi connectivity index (χ3v) is 2.57. The fourth-order valence-corrected chi connectivity index (χ4v) is 1.79. The molecule has 7 nitrogen and oxygen atoms in total. The quantitative estimate of drug-likeness (QED) is 0.850. The van der Waals surface area contributed by atoms with Crippen LogP contribution >= 0.6 is 0 Å². The average molecular weight is 278 g/mol. The van der Waals surface area contributed by atoms with E-state index in [4.69, 9.17) is 9.47 Å². The average Bonchev–Trinajstić information content (AvgIpc) is 2.80. The zero-order chi connectivity index (χ0) is 14.7. The van der Waals surface area contributed by atoms with Crippen molar-refractivity contribution in [3.63, 3.8) is 0 Å². The van der Waals surface area contributed by atoms with Crippen molar-refractivity contribution in [1.82, 2.24) is 9.38 Å². The monoisotopic (exact) mass is 278 g/mol. The maximum atomic E-state index is 12.0. The highest BCUT2D eigenvalue weighted by Crippen LogP contribution is 2.22. The van der Waals surface area contributed by atoms with Gasteiger partial charge in [-0.25, -0.2) is 14.6 Å². The first-order chi connectivity index (χ1) is 9.60. The Balaban J connectivity index is 2.66. The van der Waals surface area contributed by atoms with Gasteiger partial charge in [-0.2, -0.15) is 0 Å². The molecule has 0 aromatic carbocycles. The molecule has 2 heterocycles. The summed E-state index contributed by atoms with van der Waals surface area (Å²) in [4.78, 5) is 27.8. The van der Waals surface area contributed by atoms with E-state index in [1.54, 1.807) is 13.8 Å². The summed E-state index contributed by atoms with van der Waals surface area (Å²) < 4.78 is 11.1. The van der Waals surface area contributed by atoms with Crippen LogP contribution in [0.3, 0.4) is 0 Å². The number of hydrogen-bond donors (Lipinski definition) is 1. The number of esters is 2. The molecule has 1 N–H and O–H groups in total. The minimum absolute atomic E-state index is 0.0591. The lowest BCUT2D eigenvalue weighted by Crippen LogP contribution is -2.15. The summed E-state index contributed by atoms with van der Waals surface area (Å²) in [6.07, 6.45) is 1.51. The second kappa shape index (κ2) is 5.60. The van der Waals surface area contributed by atoms with E-state index >= 15 is 0 Å². The van der Waals surface area contributed by atoms with Crippen LogP contribution in [0.1, 0.15) is 34.8 Å². The molecular weight excluding hydrogens is 264 g/mol. The highest BCUT2D eigenvalue weighted by Gasteiger charge is 2.27. The van der Waals surface area contributed by atoms with Gasteiger partial charge in [0, 0.05) is 6.20 Å². The number of aromatic nitrogens is 2. The molecule has 0 saturated carbocycles. The Labute approximate surface area is 114 Å². The van der Waals surface area contributed by atoms with E-state index in [0.717, 1.165) is 0 Å². The third-order valence-electron chi connectivity index (χ3n) is 2.57. The van der Waals surface area contributed by atoms with Gasteiger partial charge >= 0.3 is 11.9 Å². The third kappa shape index (κ3) is 2.29. The number of hydrogen-bond acceptors (Lipinski definition) is 6. The lowest BCUT2D eigenvalue weighted by Gasteiger charge is -2.04. The molecular formula is C13H14N2O5. The molecule has 0 atom stereocenters. The second-order valence-corrected chi connectivity index (χ2v) is 3.84. The molecule has 0 bridgehead atoms. The molecule has 0 aliphatic heterocycles. The van der Waals surface area contributed by atoms with Crippen molar-refractivity contribution in [3.05, 3.63) is 29.7 Å². The smallest absolute Gasteiger partial charge is 0.359 e. The van der Waals surface area contributed by atoms with E-state index in [-0.39, 0.29) is 36.0 Å². The van der Waals surface area contributed by atoms with E-state index in [9.17, 15) is 14.7 Å². The lowest BCUT2D eigenvalue weighted by atomic mass is 10.3. The van der Waals surface area contributed by atoms with Gasteiger partial charge in [0.2, 0.25) is 0 Å². The van der Waals surface area contributed by atoms with Crippen LogP contribution in [0.25, 0.3) is 5.65 Å². The van der Waals surface area contributed by atoms with Crippen LogP contribution in [0, 0.1) is 0 Å². The maximum absolute atomic E-state index is 12.0. The normalized spacial score (nSPS) is 10.5. The van der Waals surface area contributed by atoms with Gasteiger partial charge in [0.25, 0.3) is 0 Å². The highest BCUT2D eigenvalue weighted by atomic mass is 16.5. The molecule has 106 valence electrons. The molecule has 0 aliphatic rings. The zero-order valence-corrected chi connectivity index (χ0v) is 11.1. The van der Waals surface area contributed by atoms with Crippen molar-refractivity contribution in [1.29, 1.82) is 0 Å². The van der Waals surface area contributed by atoms with Crippen LogP contribution in [0.15, 0.2) is 18.3 Å². The number of pyridine rings is 1. The summed E-state index contributed by atoms with van der Waals surface area (Å²) in [6, 6.07) is 2.94. The molecule has 0 spiro atoms. The Kier molecular flexibility index (Phi) is 3.88. The van der Waals surface area contributed by atoms with Gasteiger partial charge in [-0.1, -0.05) is 0 Å². The first-order valence-electron chi connectivity index (χ1n) is 6.14. The number of carbonyl (C=O) groups excluding carboxylic acids is 2. The molecule has 0 aliphatic carbocycles. The predicted molar refractivity (Wildman–Crippen MR) is 68.8 cm³/mol. The standard InChI is InChI=1S/C13H14N2O5/c1-3-19-12(17)9-10(13(18)20-4-2)15-7-5-6-8(16)11(15)14-9/h5-7,16H,3-4H2,1-2H3. The van der Waals surface area contributed by atoms with Crippen LogP contribution in [0.5, 0.6) is 5.75 Å². The van der Waals surface area contributed by atoms with Crippen LogP contribution in [0.2, 0.25) is 0 Å². The predicted octanol–water partition coefficient (Wildman–Crippen LogP) is 1.39. The topological polar surface area (TPSA) is 90.1 Å². The van der Waals surface area contributed by atoms with E-state index in [0.29, 0.717) is 0 Å². The van der Waals surface area contributed by atoms with Crippen molar-refractivity contribution in [2.45, 2.75) is 13.8 Å². The van der Waals surface area contributed by atoms with E-state index in [1.165, 1.54) is 22.7 Å². The van der Waals surface area contributed by atoms with Gasteiger partial charge in [-0.3, -0.25) is 4.40 Å². The minimum Gasteiger partial charge on any atom is -0.504 e. The molecule has 0 saturated heterocycles. The summed E-state index contributed by atoms with van der Waals surface area (Å²) >= 11 is 0. The van der Waals surface area contributed by atoms with Crippen molar-refractivity contribution >= 4 is 17.6 Å². The van der Waals surface area contributed by atoms with Crippen LogP contribution in [-0.4, -0.2) is 39.6 Å². The highest BCUT2D eigenvalue weighted by molar-refractivity contribution is 6.02. The summed E-state index contributed by atoms with van der Waals surface area (Å²) in [6.45, 7) is 3.62. The Morgan fingerprint density at radius 3 is 2.55 bits per heavy atom. The lowest BCUT2D eigenvalue weighted by molar-refractivity contribution is 0.0470. The number of nitrogens with zero attached hydrogens (tertiary/aromatic N) is 2. The van der Waals surface area contributed by atoms with Crippen molar-refractivity contribution in [2.24, 2.45) is 0 Å². The van der Waals surface area contributed by atoms with Crippen molar-refractivity contribution < 1.29 is 24.2 Å². The SMILES string of the molecule is CCOC(=O)c1nc2c(O)cccn2c1C(=O)OCC. The minimum atomic E-state index is -0.737. The van der Waals surface area contributed by atoms with Crippen molar-refractivity contribution in [2.75, 3.05) is 13.2 Å². The molecule has 0 unspecified atom stereocenters. The molecule has 20 heavy (non-hydrogen) atoms. The summed E-state index contributed by atoms with van der Waals surface area (Å²) in [5.41, 5.74) is -0.137. The number of fused-ring (bicyclic) bond motifs is 1. The first kappa shape index (κ1) is 13.9. The number of aromatic hydroxyl groups is 1. The summed E-state index contributed by atoms with van der Waals surface area (Å²) in [5.74, 6) is -1.58. The van der Waals surface area contributed by atoms with Gasteiger partial charge in [-0.05, 0) is 26.0 Å². The zero-order valence-electron chi connectivity index (χ0n) is 11.1. The van der Waals surface area contributed by atoms with E-state index < -0.39 is 11.9 Å². The van der Waals surface area contributed by atoms with Gasteiger partial charge in [0.05, 0.1) is 13.2 Å². The van der Waals surface area contributed by atoms with Gasteiger partial charge in [0.1, 0.15) is 0 Å². The Bertz CT molecular complexity index is 662. The Morgan fingerprint density at radius 2 is 1.90 bits per heavy atom. The van der Waals surface area contributed by atoms with Crippen molar-refractivity contribution in [3.8, 4) is 5.75 Å². The van der Waals surface area contributed by atoms with Gasteiger partial charge in [-0.15, -0.1) is 0 Å². The first-order valence-corrected chi connectivity index (χ1v) is 6.14. The molecule has 0 amide bonds. The summed E-state index contributed by atoms with van der Waals surface area (Å²) in [5, 5.41) is 9.74. The molecule has 7 heteroatoms. The van der Waals surface area contributed by atoms with Crippen LogP contribution in [-0.2, 0) is 9.47 Å². The Morgan fingerprint density at radius 1 is 1.25 bits per heavy atom. The van der Waals surface area contributed by atoms with Gasteiger partial charge in [0.15, 0.2) is 22.8 Å². The number of carbonyl (C=O) groups is 2. The molecule has 0 fully saturated rings. The van der Waals surface area contributed by atoms with E-state index in [1.807, 2.05) is 0 Å². The fraction of sp³-hybridized carbons (Fsp3) is 0.308. The molecule has 2 rings (SSSR count). The largest absolute Gasteiger partial charge is 0.504 e.